The van der Waals surface area contributed by atoms with Crippen LogP contribution in [0.1, 0.15) is 19.3 Å². The number of piperidine rings is 1. The van der Waals surface area contributed by atoms with E-state index in [4.69, 9.17) is 16.7 Å². The van der Waals surface area contributed by atoms with Crippen LogP contribution in [0, 0.1) is 5.82 Å². The molecule has 0 bridgehead atoms. The molecule has 0 amide bonds. The summed E-state index contributed by atoms with van der Waals surface area (Å²) < 4.78 is 39.6. The normalized spacial score (nSPS) is 20.8. The van der Waals surface area contributed by atoms with Gasteiger partial charge in [-0.25, -0.2) is 12.8 Å². The molecular weight excluding hydrogens is 309 g/mol. The molecule has 8 heteroatoms. The molecule has 1 saturated heterocycles. The highest BCUT2D eigenvalue weighted by molar-refractivity contribution is 7.89. The molecule has 0 spiro atoms. The van der Waals surface area contributed by atoms with Crippen LogP contribution >= 0.6 is 11.6 Å². The van der Waals surface area contributed by atoms with Crippen molar-refractivity contribution in [3.63, 3.8) is 0 Å². The van der Waals surface area contributed by atoms with Gasteiger partial charge in [0.1, 0.15) is 10.9 Å². The first-order chi connectivity index (χ1) is 9.35. The molecule has 0 saturated carbocycles. The lowest BCUT2D eigenvalue weighted by Gasteiger charge is -2.31. The van der Waals surface area contributed by atoms with Gasteiger partial charge in [0.15, 0.2) is 5.82 Å². The van der Waals surface area contributed by atoms with Crippen molar-refractivity contribution in [3.8, 4) is 0 Å². The smallest absolute Gasteiger partial charge is 0.322 e. The van der Waals surface area contributed by atoms with Gasteiger partial charge in [0.2, 0.25) is 10.0 Å². The van der Waals surface area contributed by atoms with Gasteiger partial charge < -0.3 is 5.11 Å². The number of benzene rings is 1. The Labute approximate surface area is 121 Å². The number of carboxylic acid groups (broad SMARTS) is 1. The summed E-state index contributed by atoms with van der Waals surface area (Å²) in [5.74, 6) is -2.28. The van der Waals surface area contributed by atoms with E-state index in [-0.39, 0.29) is 18.0 Å². The first-order valence-electron chi connectivity index (χ1n) is 6.04. The van der Waals surface area contributed by atoms with Crippen molar-refractivity contribution in [2.45, 2.75) is 30.2 Å². The summed E-state index contributed by atoms with van der Waals surface area (Å²) in [7, 11) is -4.22. The summed E-state index contributed by atoms with van der Waals surface area (Å²) in [5.41, 5.74) is 0. The first kappa shape index (κ1) is 15.2. The molecule has 0 radical (unpaired) electrons. The number of nitrogens with zero attached hydrogens (tertiary/aromatic N) is 1. The lowest BCUT2D eigenvalue weighted by atomic mass is 10.1. The van der Waals surface area contributed by atoms with E-state index in [0.29, 0.717) is 12.8 Å². The second-order valence-corrected chi connectivity index (χ2v) is 6.78. The number of hydrogen-bond donors (Lipinski definition) is 1. The Morgan fingerprint density at radius 1 is 1.40 bits per heavy atom. The van der Waals surface area contributed by atoms with Gasteiger partial charge in [-0.05, 0) is 31.4 Å². The van der Waals surface area contributed by atoms with Crippen LogP contribution in [-0.4, -0.2) is 36.4 Å². The Balaban J connectivity index is 2.48. The molecule has 1 aliphatic rings. The summed E-state index contributed by atoms with van der Waals surface area (Å²) >= 11 is 5.58. The number of rotatable bonds is 3. The zero-order valence-electron chi connectivity index (χ0n) is 10.4. The van der Waals surface area contributed by atoms with Gasteiger partial charge in [-0.1, -0.05) is 17.7 Å². The van der Waals surface area contributed by atoms with Gasteiger partial charge in [0.25, 0.3) is 0 Å². The predicted octanol–water partition coefficient (Wildman–Crippen LogP) is 2.11. The zero-order valence-corrected chi connectivity index (χ0v) is 12.0. The van der Waals surface area contributed by atoms with E-state index in [1.165, 1.54) is 12.1 Å². The zero-order chi connectivity index (χ0) is 14.9. The number of carboxylic acids is 1. The molecule has 5 nitrogen and oxygen atoms in total. The van der Waals surface area contributed by atoms with Crippen LogP contribution < -0.4 is 0 Å². The lowest BCUT2D eigenvalue weighted by Crippen LogP contribution is -2.48. The second-order valence-electron chi connectivity index (χ2n) is 4.52. The van der Waals surface area contributed by atoms with Gasteiger partial charge in [-0.15, -0.1) is 0 Å². The van der Waals surface area contributed by atoms with E-state index in [1.807, 2.05) is 0 Å². The maximum atomic E-state index is 13.9. The Hall–Kier alpha value is -1.18. The van der Waals surface area contributed by atoms with Crippen molar-refractivity contribution < 1.29 is 22.7 Å². The first-order valence-corrected chi connectivity index (χ1v) is 7.86. The van der Waals surface area contributed by atoms with E-state index < -0.39 is 32.7 Å². The molecule has 1 aromatic carbocycles. The van der Waals surface area contributed by atoms with Gasteiger partial charge in [-0.2, -0.15) is 4.31 Å². The molecule has 0 unspecified atom stereocenters. The topological polar surface area (TPSA) is 74.7 Å². The Morgan fingerprint density at radius 2 is 2.10 bits per heavy atom. The number of halogens is 2. The van der Waals surface area contributed by atoms with E-state index in [0.717, 1.165) is 10.4 Å². The maximum Gasteiger partial charge on any atom is 0.322 e. The highest BCUT2D eigenvalue weighted by atomic mass is 35.5. The molecule has 1 heterocycles. The van der Waals surface area contributed by atoms with Crippen LogP contribution in [0.5, 0.6) is 0 Å². The molecule has 20 heavy (non-hydrogen) atoms. The fourth-order valence-corrected chi connectivity index (χ4v) is 4.22. The van der Waals surface area contributed by atoms with E-state index in [2.05, 4.69) is 0 Å². The van der Waals surface area contributed by atoms with Gasteiger partial charge in [0, 0.05) is 6.54 Å². The van der Waals surface area contributed by atoms with Crippen molar-refractivity contribution in [2.24, 2.45) is 0 Å². The largest absolute Gasteiger partial charge is 0.480 e. The quantitative estimate of drug-likeness (QED) is 0.925. The minimum Gasteiger partial charge on any atom is -0.480 e. The van der Waals surface area contributed by atoms with Gasteiger partial charge in [0.05, 0.1) is 5.02 Å². The summed E-state index contributed by atoms with van der Waals surface area (Å²) in [4.78, 5) is 10.6. The Bertz CT molecular complexity index is 634. The number of hydrogen-bond acceptors (Lipinski definition) is 3. The van der Waals surface area contributed by atoms with E-state index in [9.17, 15) is 17.6 Å². The molecular formula is C12H13ClFNO4S. The van der Waals surface area contributed by atoms with Crippen LogP contribution in [0.25, 0.3) is 0 Å². The van der Waals surface area contributed by atoms with Crippen molar-refractivity contribution in [3.05, 3.63) is 29.0 Å². The summed E-state index contributed by atoms with van der Waals surface area (Å²) in [5, 5.41) is 8.81. The average molecular weight is 322 g/mol. The molecule has 0 aromatic heterocycles. The second kappa shape index (κ2) is 5.67. The van der Waals surface area contributed by atoms with E-state index >= 15 is 0 Å². The third-order valence-corrected chi connectivity index (χ3v) is 5.46. The maximum absolute atomic E-state index is 13.9. The fourth-order valence-electron chi connectivity index (χ4n) is 2.25. The van der Waals surface area contributed by atoms with Gasteiger partial charge >= 0.3 is 5.97 Å². The van der Waals surface area contributed by atoms with Crippen LogP contribution in [0.2, 0.25) is 5.02 Å². The summed E-state index contributed by atoms with van der Waals surface area (Å²) in [6.07, 6.45) is 1.39. The molecule has 1 N–H and O–H groups in total. The fraction of sp³-hybridized carbons (Fsp3) is 0.417. The molecule has 110 valence electrons. The van der Waals surface area contributed by atoms with Crippen molar-refractivity contribution in [2.75, 3.05) is 6.54 Å². The monoisotopic (exact) mass is 321 g/mol. The summed E-state index contributed by atoms with van der Waals surface area (Å²) in [6, 6.07) is 2.48. The number of sulfonamides is 1. The minimum absolute atomic E-state index is 0.0608. The van der Waals surface area contributed by atoms with E-state index in [1.54, 1.807) is 0 Å². The summed E-state index contributed by atoms with van der Waals surface area (Å²) in [6.45, 7) is 0.0608. The predicted molar refractivity (Wildman–Crippen MR) is 70.6 cm³/mol. The highest BCUT2D eigenvalue weighted by Gasteiger charge is 2.39. The standard InChI is InChI=1S/C12H13ClFNO4S/c13-8-4-3-6-10(11(8)14)20(18,19)15-7-2-1-5-9(15)12(16)17/h3-4,6,9H,1-2,5,7H2,(H,16,17)/t9-/m1/s1. The van der Waals surface area contributed by atoms with Crippen LogP contribution in [0.3, 0.4) is 0 Å². The Morgan fingerprint density at radius 3 is 2.75 bits per heavy atom. The number of carbonyl (C=O) groups is 1. The van der Waals surface area contributed by atoms with Crippen molar-refractivity contribution in [1.82, 2.24) is 4.31 Å². The molecule has 1 aliphatic heterocycles. The lowest BCUT2D eigenvalue weighted by molar-refractivity contribution is -0.142. The highest BCUT2D eigenvalue weighted by Crippen LogP contribution is 2.29. The molecule has 1 fully saturated rings. The Kier molecular flexibility index (Phi) is 4.31. The van der Waals surface area contributed by atoms with Gasteiger partial charge in [-0.3, -0.25) is 4.79 Å². The van der Waals surface area contributed by atoms with Crippen molar-refractivity contribution >= 4 is 27.6 Å². The van der Waals surface area contributed by atoms with Crippen LogP contribution in [0.15, 0.2) is 23.1 Å². The SMILES string of the molecule is O=C(O)[C@H]1CCCCN1S(=O)(=O)c1cccc(Cl)c1F. The minimum atomic E-state index is -4.22. The third-order valence-electron chi connectivity index (χ3n) is 3.24. The van der Waals surface area contributed by atoms with Crippen molar-refractivity contribution in [1.29, 1.82) is 0 Å². The average Bonchev–Trinajstić information content (AvgIpc) is 2.41. The molecule has 0 aliphatic carbocycles. The molecule has 1 aromatic rings. The molecule has 2 rings (SSSR count). The molecule has 1 atom stereocenters. The number of aliphatic carboxylic acids is 1. The van der Waals surface area contributed by atoms with Crippen LogP contribution in [-0.2, 0) is 14.8 Å². The third kappa shape index (κ3) is 2.65. The van der Waals surface area contributed by atoms with Crippen LogP contribution in [0.4, 0.5) is 4.39 Å².